The van der Waals surface area contributed by atoms with E-state index in [-0.39, 0.29) is 17.5 Å². The van der Waals surface area contributed by atoms with Crippen LogP contribution in [0.25, 0.3) is 0 Å². The van der Waals surface area contributed by atoms with Crippen LogP contribution in [-0.2, 0) is 9.47 Å². The van der Waals surface area contributed by atoms with Gasteiger partial charge in [0.2, 0.25) is 0 Å². The Hall–Kier alpha value is -0.970. The van der Waals surface area contributed by atoms with Gasteiger partial charge in [-0.2, -0.15) is 0 Å². The van der Waals surface area contributed by atoms with E-state index in [2.05, 4.69) is 12.2 Å². The Bertz CT molecular complexity index is 427. The molecule has 1 aliphatic heterocycles. The van der Waals surface area contributed by atoms with Crippen molar-refractivity contribution in [3.63, 3.8) is 0 Å². The van der Waals surface area contributed by atoms with E-state index < -0.39 is 0 Å². The van der Waals surface area contributed by atoms with Crippen LogP contribution < -0.4 is 5.32 Å². The standard InChI is InChI=1S/C17H26FNO2/c1-3-10-19-16(14-6-5-7-15(18)13-14)17(21-4-2)8-11-20-12-9-17/h5-7,13,16,19H,3-4,8-12H2,1-2H3. The fourth-order valence-electron chi connectivity index (χ4n) is 3.10. The highest BCUT2D eigenvalue weighted by atomic mass is 19.1. The molecule has 1 unspecified atom stereocenters. The van der Waals surface area contributed by atoms with E-state index in [1.165, 1.54) is 6.07 Å². The van der Waals surface area contributed by atoms with Crippen LogP contribution in [0.2, 0.25) is 0 Å². The molecular weight excluding hydrogens is 269 g/mol. The molecule has 21 heavy (non-hydrogen) atoms. The lowest BCUT2D eigenvalue weighted by molar-refractivity contribution is -0.128. The van der Waals surface area contributed by atoms with E-state index in [0.29, 0.717) is 19.8 Å². The van der Waals surface area contributed by atoms with Gasteiger partial charge in [-0.25, -0.2) is 4.39 Å². The van der Waals surface area contributed by atoms with Gasteiger partial charge in [0.05, 0.1) is 11.6 Å². The van der Waals surface area contributed by atoms with Gasteiger partial charge < -0.3 is 14.8 Å². The van der Waals surface area contributed by atoms with Gasteiger partial charge in [0.25, 0.3) is 0 Å². The average Bonchev–Trinajstić information content (AvgIpc) is 2.49. The molecule has 1 aromatic carbocycles. The molecule has 0 aromatic heterocycles. The Morgan fingerprint density at radius 3 is 2.71 bits per heavy atom. The highest BCUT2D eigenvalue weighted by Crippen LogP contribution is 2.38. The monoisotopic (exact) mass is 295 g/mol. The number of benzene rings is 1. The van der Waals surface area contributed by atoms with Crippen LogP contribution in [-0.4, -0.2) is 32.0 Å². The summed E-state index contributed by atoms with van der Waals surface area (Å²) < 4.78 is 25.3. The molecule has 0 aliphatic carbocycles. The summed E-state index contributed by atoms with van der Waals surface area (Å²) in [5.74, 6) is -0.200. The third-order valence-corrected chi connectivity index (χ3v) is 4.08. The summed E-state index contributed by atoms with van der Waals surface area (Å²) in [6.07, 6.45) is 2.70. The summed E-state index contributed by atoms with van der Waals surface area (Å²) in [6.45, 7) is 7.07. The molecule has 4 heteroatoms. The molecule has 0 bridgehead atoms. The van der Waals surface area contributed by atoms with E-state index in [1.807, 2.05) is 13.0 Å². The minimum Gasteiger partial charge on any atom is -0.381 e. The number of rotatable bonds is 7. The minimum atomic E-state index is -0.310. The van der Waals surface area contributed by atoms with Crippen molar-refractivity contribution in [3.05, 3.63) is 35.6 Å². The van der Waals surface area contributed by atoms with Crippen LogP contribution in [0.4, 0.5) is 4.39 Å². The van der Waals surface area contributed by atoms with Gasteiger partial charge in [-0.05, 0) is 37.6 Å². The molecule has 1 saturated heterocycles. The van der Waals surface area contributed by atoms with Crippen molar-refractivity contribution < 1.29 is 13.9 Å². The van der Waals surface area contributed by atoms with Crippen LogP contribution in [0.15, 0.2) is 24.3 Å². The Labute approximate surface area is 126 Å². The highest BCUT2D eigenvalue weighted by molar-refractivity contribution is 5.24. The van der Waals surface area contributed by atoms with Crippen molar-refractivity contribution in [3.8, 4) is 0 Å². The predicted octanol–water partition coefficient (Wildman–Crippen LogP) is 3.45. The largest absolute Gasteiger partial charge is 0.381 e. The molecule has 0 amide bonds. The van der Waals surface area contributed by atoms with E-state index in [9.17, 15) is 4.39 Å². The molecule has 1 atom stereocenters. The smallest absolute Gasteiger partial charge is 0.123 e. The number of ether oxygens (including phenoxy) is 2. The van der Waals surface area contributed by atoms with Gasteiger partial charge in [-0.3, -0.25) is 0 Å². The third-order valence-electron chi connectivity index (χ3n) is 4.08. The Kier molecular flexibility index (Phi) is 6.15. The maximum absolute atomic E-state index is 13.6. The summed E-state index contributed by atoms with van der Waals surface area (Å²) in [6, 6.07) is 6.84. The van der Waals surface area contributed by atoms with Gasteiger partial charge in [-0.1, -0.05) is 19.1 Å². The molecule has 0 spiro atoms. The van der Waals surface area contributed by atoms with Crippen molar-refractivity contribution in [1.29, 1.82) is 0 Å². The molecule has 1 N–H and O–H groups in total. The van der Waals surface area contributed by atoms with Crippen LogP contribution in [0.5, 0.6) is 0 Å². The summed E-state index contributed by atoms with van der Waals surface area (Å²) in [4.78, 5) is 0. The quantitative estimate of drug-likeness (QED) is 0.835. The first-order valence-corrected chi connectivity index (χ1v) is 7.92. The first kappa shape index (κ1) is 16.4. The topological polar surface area (TPSA) is 30.5 Å². The summed E-state index contributed by atoms with van der Waals surface area (Å²) in [7, 11) is 0. The highest BCUT2D eigenvalue weighted by Gasteiger charge is 2.41. The maximum atomic E-state index is 13.6. The lowest BCUT2D eigenvalue weighted by atomic mass is 9.81. The molecule has 3 nitrogen and oxygen atoms in total. The molecule has 1 fully saturated rings. The Morgan fingerprint density at radius 1 is 1.33 bits per heavy atom. The molecule has 0 radical (unpaired) electrons. The summed E-state index contributed by atoms with van der Waals surface area (Å²) in [5, 5.41) is 3.56. The molecule has 1 aliphatic rings. The SMILES string of the molecule is CCCNC(c1cccc(F)c1)C1(OCC)CCOCC1. The molecule has 118 valence electrons. The van der Waals surface area contributed by atoms with Crippen LogP contribution in [0.1, 0.15) is 44.7 Å². The normalized spacial score (nSPS) is 19.4. The fraction of sp³-hybridized carbons (Fsp3) is 0.647. The molecule has 1 heterocycles. The average molecular weight is 295 g/mol. The van der Waals surface area contributed by atoms with Gasteiger partial charge >= 0.3 is 0 Å². The van der Waals surface area contributed by atoms with Gasteiger partial charge in [0.1, 0.15) is 5.82 Å². The maximum Gasteiger partial charge on any atom is 0.123 e. The second kappa shape index (κ2) is 7.87. The zero-order chi connectivity index (χ0) is 15.1. The van der Waals surface area contributed by atoms with Crippen molar-refractivity contribution in [1.82, 2.24) is 5.32 Å². The zero-order valence-corrected chi connectivity index (χ0v) is 13.0. The second-order valence-corrected chi connectivity index (χ2v) is 5.55. The minimum absolute atomic E-state index is 0.00278. The lowest BCUT2D eigenvalue weighted by Crippen LogP contribution is -2.50. The predicted molar refractivity (Wildman–Crippen MR) is 81.8 cm³/mol. The Morgan fingerprint density at radius 2 is 2.10 bits per heavy atom. The molecule has 0 saturated carbocycles. The molecular formula is C17H26FNO2. The number of nitrogens with one attached hydrogen (secondary N) is 1. The van der Waals surface area contributed by atoms with Crippen molar-refractivity contribution >= 4 is 0 Å². The second-order valence-electron chi connectivity index (χ2n) is 5.55. The van der Waals surface area contributed by atoms with Crippen molar-refractivity contribution in [2.45, 2.75) is 44.8 Å². The van der Waals surface area contributed by atoms with E-state index in [0.717, 1.165) is 31.4 Å². The van der Waals surface area contributed by atoms with E-state index in [1.54, 1.807) is 12.1 Å². The van der Waals surface area contributed by atoms with Gasteiger partial charge in [0, 0.05) is 32.7 Å². The van der Waals surface area contributed by atoms with E-state index >= 15 is 0 Å². The molecule has 2 rings (SSSR count). The Balaban J connectivity index is 2.31. The first-order valence-electron chi connectivity index (χ1n) is 7.92. The zero-order valence-electron chi connectivity index (χ0n) is 13.0. The van der Waals surface area contributed by atoms with Crippen molar-refractivity contribution in [2.75, 3.05) is 26.4 Å². The van der Waals surface area contributed by atoms with Crippen molar-refractivity contribution in [2.24, 2.45) is 0 Å². The number of hydrogen-bond donors (Lipinski definition) is 1. The summed E-state index contributed by atoms with van der Waals surface area (Å²) >= 11 is 0. The van der Waals surface area contributed by atoms with Crippen LogP contribution in [0.3, 0.4) is 0 Å². The number of halogens is 1. The lowest BCUT2D eigenvalue weighted by Gasteiger charge is -2.43. The summed E-state index contributed by atoms with van der Waals surface area (Å²) in [5.41, 5.74) is 0.648. The van der Waals surface area contributed by atoms with Crippen LogP contribution in [0, 0.1) is 5.82 Å². The van der Waals surface area contributed by atoms with Gasteiger partial charge in [0.15, 0.2) is 0 Å². The van der Waals surface area contributed by atoms with Crippen LogP contribution >= 0.6 is 0 Å². The fourth-order valence-corrected chi connectivity index (χ4v) is 3.10. The number of hydrogen-bond acceptors (Lipinski definition) is 3. The van der Waals surface area contributed by atoms with E-state index in [4.69, 9.17) is 9.47 Å². The molecule has 1 aromatic rings. The third kappa shape index (κ3) is 4.02. The first-order chi connectivity index (χ1) is 10.2. The van der Waals surface area contributed by atoms with Gasteiger partial charge in [-0.15, -0.1) is 0 Å².